The molecule has 0 saturated heterocycles. The lowest BCUT2D eigenvalue weighted by Crippen LogP contribution is -2.24. The number of thiophene rings is 1. The minimum absolute atomic E-state index is 0.418. The van der Waals surface area contributed by atoms with Gasteiger partial charge in [-0.15, -0.1) is 11.3 Å². The molecule has 1 aromatic heterocycles. The van der Waals surface area contributed by atoms with E-state index in [2.05, 4.69) is 67.0 Å². The van der Waals surface area contributed by atoms with Crippen LogP contribution in [0.4, 0.5) is 0 Å². The summed E-state index contributed by atoms with van der Waals surface area (Å²) < 4.78 is 0. The van der Waals surface area contributed by atoms with Crippen LogP contribution in [-0.4, -0.2) is 0 Å². The lowest BCUT2D eigenvalue weighted by Gasteiger charge is -2.23. The van der Waals surface area contributed by atoms with Crippen molar-refractivity contribution in [1.29, 1.82) is 0 Å². The van der Waals surface area contributed by atoms with Gasteiger partial charge in [0.05, 0.1) is 0 Å². The van der Waals surface area contributed by atoms with Crippen molar-refractivity contribution in [3.05, 3.63) is 58.3 Å². The minimum atomic E-state index is 0.418. The second-order valence-corrected chi connectivity index (χ2v) is 5.63. The summed E-state index contributed by atoms with van der Waals surface area (Å²) >= 11 is 1.82. The Kier molecular flexibility index (Phi) is 4.97. The molecule has 1 N–H and O–H groups in total. The molecule has 1 heterocycles. The fourth-order valence-corrected chi connectivity index (χ4v) is 2.99. The van der Waals surface area contributed by atoms with Gasteiger partial charge in [-0.25, -0.2) is 0 Å². The Bertz CT molecular complexity index is 435. The highest BCUT2D eigenvalue weighted by atomic mass is 32.1. The Labute approximate surface area is 114 Å². The number of hydrogen-bond donors (Lipinski definition) is 1. The number of benzene rings is 1. The van der Waals surface area contributed by atoms with E-state index in [1.165, 1.54) is 23.3 Å². The van der Waals surface area contributed by atoms with Crippen molar-refractivity contribution in [1.82, 2.24) is 5.32 Å². The van der Waals surface area contributed by atoms with Gasteiger partial charge in [-0.3, -0.25) is 0 Å². The summed E-state index contributed by atoms with van der Waals surface area (Å²) in [5.74, 6) is 0. The molecule has 2 rings (SSSR count). The lowest BCUT2D eigenvalue weighted by atomic mass is 10.0. The Morgan fingerprint density at radius 3 is 2.50 bits per heavy atom. The van der Waals surface area contributed by atoms with Crippen LogP contribution in [0.3, 0.4) is 0 Å². The van der Waals surface area contributed by atoms with Crippen molar-refractivity contribution in [2.75, 3.05) is 0 Å². The van der Waals surface area contributed by atoms with Gasteiger partial charge in [0.2, 0.25) is 0 Å². The molecule has 96 valence electrons. The van der Waals surface area contributed by atoms with Crippen LogP contribution in [0.1, 0.15) is 49.2 Å². The summed E-state index contributed by atoms with van der Waals surface area (Å²) in [6.45, 7) is 4.49. The maximum atomic E-state index is 3.75. The zero-order valence-corrected chi connectivity index (χ0v) is 11.9. The molecule has 0 saturated carbocycles. The van der Waals surface area contributed by atoms with Gasteiger partial charge < -0.3 is 5.32 Å². The Morgan fingerprint density at radius 1 is 1.11 bits per heavy atom. The van der Waals surface area contributed by atoms with Crippen molar-refractivity contribution in [3.8, 4) is 0 Å². The van der Waals surface area contributed by atoms with Crippen molar-refractivity contribution in [2.24, 2.45) is 0 Å². The first kappa shape index (κ1) is 13.3. The summed E-state index contributed by atoms with van der Waals surface area (Å²) in [5, 5.41) is 5.89. The molecule has 2 atom stereocenters. The second kappa shape index (κ2) is 6.72. The lowest BCUT2D eigenvalue weighted by molar-refractivity contribution is 0.443. The van der Waals surface area contributed by atoms with E-state index in [0.29, 0.717) is 12.1 Å². The van der Waals surface area contributed by atoms with Crippen molar-refractivity contribution in [2.45, 2.75) is 38.8 Å². The Balaban J connectivity index is 2.07. The highest BCUT2D eigenvalue weighted by molar-refractivity contribution is 7.10. The van der Waals surface area contributed by atoms with Gasteiger partial charge in [0, 0.05) is 17.0 Å². The summed E-state index contributed by atoms with van der Waals surface area (Å²) in [4.78, 5) is 1.41. The largest absolute Gasteiger partial charge is 0.303 e. The van der Waals surface area contributed by atoms with Crippen LogP contribution in [0.15, 0.2) is 47.8 Å². The van der Waals surface area contributed by atoms with E-state index in [1.807, 2.05) is 11.3 Å². The Morgan fingerprint density at radius 2 is 1.89 bits per heavy atom. The number of rotatable bonds is 6. The van der Waals surface area contributed by atoms with Gasteiger partial charge in [0.15, 0.2) is 0 Å². The highest BCUT2D eigenvalue weighted by Gasteiger charge is 2.14. The third-order valence-corrected chi connectivity index (χ3v) is 4.26. The fourth-order valence-electron chi connectivity index (χ4n) is 2.24. The fraction of sp³-hybridized carbons (Fsp3) is 0.375. The number of nitrogens with one attached hydrogen (secondary N) is 1. The molecule has 0 aliphatic rings. The molecular weight excluding hydrogens is 238 g/mol. The monoisotopic (exact) mass is 259 g/mol. The zero-order chi connectivity index (χ0) is 12.8. The van der Waals surface area contributed by atoms with E-state index in [0.717, 1.165) is 0 Å². The molecule has 18 heavy (non-hydrogen) atoms. The summed E-state index contributed by atoms with van der Waals surface area (Å²) in [6.07, 6.45) is 2.38. The van der Waals surface area contributed by atoms with E-state index >= 15 is 0 Å². The average molecular weight is 259 g/mol. The first-order valence-electron chi connectivity index (χ1n) is 6.65. The van der Waals surface area contributed by atoms with Crippen LogP contribution in [0, 0.1) is 0 Å². The van der Waals surface area contributed by atoms with Crippen molar-refractivity contribution in [3.63, 3.8) is 0 Å². The van der Waals surface area contributed by atoms with Gasteiger partial charge in [-0.2, -0.15) is 0 Å². The van der Waals surface area contributed by atoms with Crippen LogP contribution in [0.25, 0.3) is 0 Å². The van der Waals surface area contributed by atoms with Gasteiger partial charge in [0.25, 0.3) is 0 Å². The van der Waals surface area contributed by atoms with E-state index in [-0.39, 0.29) is 0 Å². The van der Waals surface area contributed by atoms with Crippen LogP contribution >= 0.6 is 11.3 Å². The average Bonchev–Trinajstić information content (AvgIpc) is 2.93. The molecule has 1 unspecified atom stereocenters. The predicted octanol–water partition coefficient (Wildman–Crippen LogP) is 4.94. The van der Waals surface area contributed by atoms with Crippen molar-refractivity contribution < 1.29 is 0 Å². The molecule has 1 aromatic carbocycles. The van der Waals surface area contributed by atoms with E-state index in [1.54, 1.807) is 0 Å². The molecule has 2 heteroatoms. The third-order valence-electron chi connectivity index (χ3n) is 3.20. The van der Waals surface area contributed by atoms with Crippen LogP contribution in [0.2, 0.25) is 0 Å². The summed E-state index contributed by atoms with van der Waals surface area (Å²) in [5.41, 5.74) is 1.39. The highest BCUT2D eigenvalue weighted by Crippen LogP contribution is 2.25. The first-order chi connectivity index (χ1) is 8.81. The first-order valence-corrected chi connectivity index (χ1v) is 7.53. The van der Waals surface area contributed by atoms with Crippen LogP contribution < -0.4 is 5.32 Å². The standard InChI is InChI=1S/C16H21NS/c1-3-8-15(14-9-5-4-6-10-14)17-13(2)16-11-7-12-18-16/h4-7,9-13,15,17H,3,8H2,1-2H3/t13-,15?/m1/s1. The molecule has 0 bridgehead atoms. The molecule has 0 radical (unpaired) electrons. The maximum Gasteiger partial charge on any atom is 0.0391 e. The smallest absolute Gasteiger partial charge is 0.0391 e. The summed E-state index contributed by atoms with van der Waals surface area (Å²) in [7, 11) is 0. The van der Waals surface area contributed by atoms with Crippen LogP contribution in [0.5, 0.6) is 0 Å². The molecule has 2 aromatic rings. The van der Waals surface area contributed by atoms with Gasteiger partial charge in [-0.05, 0) is 30.4 Å². The predicted molar refractivity (Wildman–Crippen MR) is 80.0 cm³/mol. The van der Waals surface area contributed by atoms with E-state index in [9.17, 15) is 0 Å². The summed E-state index contributed by atoms with van der Waals surface area (Å²) in [6, 6.07) is 15.9. The van der Waals surface area contributed by atoms with Crippen molar-refractivity contribution >= 4 is 11.3 Å². The topological polar surface area (TPSA) is 12.0 Å². The molecule has 0 amide bonds. The van der Waals surface area contributed by atoms with E-state index in [4.69, 9.17) is 0 Å². The Hall–Kier alpha value is -1.12. The molecule has 0 spiro atoms. The normalized spacial score (nSPS) is 14.3. The zero-order valence-electron chi connectivity index (χ0n) is 11.1. The quantitative estimate of drug-likeness (QED) is 0.774. The minimum Gasteiger partial charge on any atom is -0.303 e. The van der Waals surface area contributed by atoms with Crippen LogP contribution in [-0.2, 0) is 0 Å². The third kappa shape index (κ3) is 3.44. The molecule has 0 aliphatic heterocycles. The second-order valence-electron chi connectivity index (χ2n) is 4.66. The SMILES string of the molecule is CCCC(N[C@H](C)c1cccs1)c1ccccc1. The van der Waals surface area contributed by atoms with Gasteiger partial charge in [-0.1, -0.05) is 49.7 Å². The van der Waals surface area contributed by atoms with Gasteiger partial charge in [0.1, 0.15) is 0 Å². The number of hydrogen-bond acceptors (Lipinski definition) is 2. The molecule has 0 fully saturated rings. The molecule has 1 nitrogen and oxygen atoms in total. The van der Waals surface area contributed by atoms with Gasteiger partial charge >= 0.3 is 0 Å². The molecular formula is C16H21NS. The molecule has 0 aliphatic carbocycles. The maximum absolute atomic E-state index is 3.75. The van der Waals surface area contributed by atoms with E-state index < -0.39 is 0 Å².